The quantitative estimate of drug-likeness (QED) is 0.601. The van der Waals surface area contributed by atoms with E-state index in [1.54, 1.807) is 43.9 Å². The lowest BCUT2D eigenvalue weighted by Gasteiger charge is -2.39. The lowest BCUT2D eigenvalue weighted by molar-refractivity contribution is -0.120. The molecule has 3 aliphatic rings. The number of benzene rings is 1. The number of urea groups is 1. The first-order valence-corrected chi connectivity index (χ1v) is 13.3. The van der Waals surface area contributed by atoms with Crippen molar-refractivity contribution in [1.29, 1.82) is 0 Å². The number of amides is 5. The number of nitrogens with zero attached hydrogens (tertiary/aromatic N) is 3. The van der Waals surface area contributed by atoms with Crippen LogP contribution in [-0.2, 0) is 14.3 Å². The van der Waals surface area contributed by atoms with Gasteiger partial charge in [-0.15, -0.1) is 0 Å². The monoisotopic (exact) mass is 548 g/mol. The minimum atomic E-state index is -1.31. The number of likely N-dealkylation sites (tertiary alicyclic amines) is 2. The molecular formula is C27H37FN4O7. The first-order valence-electron chi connectivity index (χ1n) is 13.3. The van der Waals surface area contributed by atoms with Crippen LogP contribution in [0.15, 0.2) is 18.2 Å². The number of ether oxygens (including phenoxy) is 3. The van der Waals surface area contributed by atoms with Gasteiger partial charge in [-0.1, -0.05) is 0 Å². The van der Waals surface area contributed by atoms with Crippen molar-refractivity contribution in [3.05, 3.63) is 23.8 Å². The van der Waals surface area contributed by atoms with E-state index < -0.39 is 30.0 Å². The van der Waals surface area contributed by atoms with E-state index in [1.165, 1.54) is 16.9 Å². The number of rotatable bonds is 5. The van der Waals surface area contributed by atoms with Gasteiger partial charge in [0.25, 0.3) is 5.91 Å². The Morgan fingerprint density at radius 1 is 1.03 bits per heavy atom. The number of hydrogen-bond donors (Lipinski definition) is 1. The lowest BCUT2D eigenvalue weighted by Crippen LogP contribution is -2.51. The zero-order chi connectivity index (χ0) is 28.3. The fraction of sp³-hybridized carbons (Fsp3) is 0.630. The van der Waals surface area contributed by atoms with Crippen LogP contribution < -0.4 is 15.0 Å². The Hall–Kier alpha value is -3.41. The van der Waals surface area contributed by atoms with Gasteiger partial charge in [-0.3, -0.25) is 19.8 Å². The summed E-state index contributed by atoms with van der Waals surface area (Å²) in [5.74, 6) is -0.123. The number of piperidine rings is 2. The van der Waals surface area contributed by atoms with Gasteiger partial charge in [-0.25, -0.2) is 14.0 Å². The van der Waals surface area contributed by atoms with Crippen LogP contribution in [0.2, 0.25) is 0 Å². The largest absolute Gasteiger partial charge is 0.495 e. The third-order valence-electron chi connectivity index (χ3n) is 7.00. The van der Waals surface area contributed by atoms with E-state index in [0.29, 0.717) is 55.9 Å². The van der Waals surface area contributed by atoms with Gasteiger partial charge in [0.2, 0.25) is 5.91 Å². The SMILES string of the molecule is COc1ccc(C(=O)N2CCC(O[C@@H]3CCN(C(=O)OC(C)(C)C)C[C@H]3F)CC2)cc1N1CCC(=O)NC1=O. The first kappa shape index (κ1) is 28.6. The molecular weight excluding hydrogens is 511 g/mol. The molecule has 39 heavy (non-hydrogen) atoms. The molecule has 0 bridgehead atoms. The second-order valence-corrected chi connectivity index (χ2v) is 11.0. The standard InChI is InChI=1S/C27H37FN4O7/c1-27(2,3)39-26(36)31-13-9-21(19(28)16-31)38-18-7-11-30(12-8-18)24(34)17-5-6-22(37-4)20(15-17)32-14-10-23(33)29-25(32)35/h5-6,15,18-19,21H,7-14,16H2,1-4H3,(H,29,33,35)/t19-,21-/m1/s1. The van der Waals surface area contributed by atoms with Crippen LogP contribution >= 0.6 is 0 Å². The molecule has 1 aromatic rings. The van der Waals surface area contributed by atoms with Crippen molar-refractivity contribution in [2.45, 2.75) is 70.4 Å². The van der Waals surface area contributed by atoms with Gasteiger partial charge < -0.3 is 24.0 Å². The van der Waals surface area contributed by atoms with Crippen molar-refractivity contribution in [1.82, 2.24) is 15.1 Å². The highest BCUT2D eigenvalue weighted by atomic mass is 19.1. The maximum atomic E-state index is 14.9. The van der Waals surface area contributed by atoms with Gasteiger partial charge in [-0.2, -0.15) is 0 Å². The number of alkyl halides is 1. The van der Waals surface area contributed by atoms with Gasteiger partial charge in [-0.05, 0) is 58.2 Å². The molecule has 3 heterocycles. The second kappa shape index (κ2) is 11.8. The Labute approximate surface area is 227 Å². The topological polar surface area (TPSA) is 118 Å². The molecule has 1 N–H and O–H groups in total. The van der Waals surface area contributed by atoms with Gasteiger partial charge >= 0.3 is 12.1 Å². The van der Waals surface area contributed by atoms with Gasteiger partial charge in [0.05, 0.1) is 31.5 Å². The number of carbonyl (C=O) groups excluding carboxylic acids is 4. The van der Waals surface area contributed by atoms with Gasteiger partial charge in [0, 0.05) is 38.2 Å². The predicted molar refractivity (Wildman–Crippen MR) is 140 cm³/mol. The molecule has 11 nitrogen and oxygen atoms in total. The summed E-state index contributed by atoms with van der Waals surface area (Å²) in [7, 11) is 1.47. The fourth-order valence-electron chi connectivity index (χ4n) is 4.98. The molecule has 3 saturated heterocycles. The van der Waals surface area contributed by atoms with Crippen LogP contribution in [0.1, 0.15) is 56.8 Å². The van der Waals surface area contributed by atoms with Gasteiger partial charge in [0.1, 0.15) is 17.5 Å². The molecule has 0 unspecified atom stereocenters. The maximum absolute atomic E-state index is 14.9. The zero-order valence-corrected chi connectivity index (χ0v) is 22.9. The summed E-state index contributed by atoms with van der Waals surface area (Å²) in [5.41, 5.74) is 0.170. The van der Waals surface area contributed by atoms with Crippen LogP contribution in [0.4, 0.5) is 19.7 Å². The Morgan fingerprint density at radius 3 is 2.33 bits per heavy atom. The van der Waals surface area contributed by atoms with Crippen LogP contribution in [0.3, 0.4) is 0 Å². The van der Waals surface area contributed by atoms with Crippen LogP contribution in [-0.4, -0.2) is 97.6 Å². The third kappa shape index (κ3) is 6.97. The van der Waals surface area contributed by atoms with Crippen molar-refractivity contribution < 1.29 is 37.8 Å². The van der Waals surface area contributed by atoms with E-state index in [4.69, 9.17) is 14.2 Å². The van der Waals surface area contributed by atoms with E-state index in [9.17, 15) is 23.6 Å². The van der Waals surface area contributed by atoms with Gasteiger partial charge in [0.15, 0.2) is 0 Å². The van der Waals surface area contributed by atoms with E-state index in [2.05, 4.69) is 5.32 Å². The molecule has 3 aliphatic heterocycles. The maximum Gasteiger partial charge on any atom is 0.410 e. The number of hydrogen-bond acceptors (Lipinski definition) is 7. The van der Waals surface area contributed by atoms with Crippen molar-refractivity contribution in [2.24, 2.45) is 0 Å². The molecule has 2 atom stereocenters. The predicted octanol–water partition coefficient (Wildman–Crippen LogP) is 3.11. The van der Waals surface area contributed by atoms with Crippen molar-refractivity contribution in [2.75, 3.05) is 44.7 Å². The van der Waals surface area contributed by atoms with Crippen LogP contribution in [0, 0.1) is 0 Å². The van der Waals surface area contributed by atoms with Crippen LogP contribution in [0.5, 0.6) is 5.75 Å². The Kier molecular flexibility index (Phi) is 8.63. The molecule has 12 heteroatoms. The number of halogens is 1. The van der Waals surface area contributed by atoms with E-state index in [0.717, 1.165) is 0 Å². The minimum Gasteiger partial charge on any atom is -0.495 e. The number of imide groups is 1. The average molecular weight is 549 g/mol. The summed E-state index contributed by atoms with van der Waals surface area (Å²) in [6.45, 7) is 6.68. The highest BCUT2D eigenvalue weighted by molar-refractivity contribution is 6.07. The summed E-state index contributed by atoms with van der Waals surface area (Å²) in [4.78, 5) is 53.9. The Morgan fingerprint density at radius 2 is 1.72 bits per heavy atom. The molecule has 0 saturated carbocycles. The highest BCUT2D eigenvalue weighted by Crippen LogP contribution is 2.32. The summed E-state index contributed by atoms with van der Waals surface area (Å²) in [6.07, 6.45) is -0.981. The Bertz CT molecular complexity index is 1100. The molecule has 214 valence electrons. The van der Waals surface area contributed by atoms with E-state index in [-0.39, 0.29) is 37.4 Å². The minimum absolute atomic E-state index is 0.0695. The summed E-state index contributed by atoms with van der Waals surface area (Å²) >= 11 is 0. The normalized spacial score (nSPS) is 22.9. The smallest absolute Gasteiger partial charge is 0.410 e. The molecule has 0 aliphatic carbocycles. The molecule has 0 aromatic heterocycles. The summed E-state index contributed by atoms with van der Waals surface area (Å²) < 4.78 is 31.7. The number of nitrogens with one attached hydrogen (secondary N) is 1. The highest BCUT2D eigenvalue weighted by Gasteiger charge is 2.36. The van der Waals surface area contributed by atoms with E-state index >= 15 is 0 Å². The molecule has 0 spiro atoms. The average Bonchev–Trinajstić information content (AvgIpc) is 2.88. The number of methoxy groups -OCH3 is 1. The van der Waals surface area contributed by atoms with Crippen molar-refractivity contribution >= 4 is 29.6 Å². The molecule has 5 amide bonds. The number of anilines is 1. The molecule has 3 fully saturated rings. The lowest BCUT2D eigenvalue weighted by atomic mass is 10.0. The fourth-order valence-corrected chi connectivity index (χ4v) is 4.98. The zero-order valence-electron chi connectivity index (χ0n) is 22.9. The van der Waals surface area contributed by atoms with Crippen molar-refractivity contribution in [3.8, 4) is 5.75 Å². The van der Waals surface area contributed by atoms with Crippen LogP contribution in [0.25, 0.3) is 0 Å². The first-order chi connectivity index (χ1) is 18.4. The molecule has 1 aromatic carbocycles. The Balaban J connectivity index is 1.31. The third-order valence-corrected chi connectivity index (χ3v) is 7.00. The van der Waals surface area contributed by atoms with E-state index in [1.807, 2.05) is 0 Å². The molecule has 4 rings (SSSR count). The summed E-state index contributed by atoms with van der Waals surface area (Å²) in [6, 6.07) is 4.32. The van der Waals surface area contributed by atoms with Crippen molar-refractivity contribution in [3.63, 3.8) is 0 Å². The number of carbonyl (C=O) groups is 4. The summed E-state index contributed by atoms with van der Waals surface area (Å²) in [5, 5.41) is 2.28. The second-order valence-electron chi connectivity index (χ2n) is 11.0. The molecule has 0 radical (unpaired) electrons.